The number of methoxy groups -OCH3 is 2. The number of amides is 1. The highest BCUT2D eigenvalue weighted by molar-refractivity contribution is 7.16. The van der Waals surface area contributed by atoms with Gasteiger partial charge in [-0.05, 0) is 111 Å². The van der Waals surface area contributed by atoms with E-state index in [1.54, 1.807) is 14.2 Å². The van der Waals surface area contributed by atoms with Crippen LogP contribution in [0.25, 0.3) is 10.4 Å². The van der Waals surface area contributed by atoms with Crippen molar-refractivity contribution in [2.24, 2.45) is 17.8 Å². The number of aromatic nitrogens is 1. The fourth-order valence-electron chi connectivity index (χ4n) is 6.54. The standard InChI is InChI=1S/C33H42N2O4S/c1-22-17-27(15-16-30(22)38-2)25-11-7-23(8-12-25)20-35(32(37)26-13-9-24(21-36)10-14-26)29-6-4-5-28(18-29)31-19-34-33(39-3)40-31/h4-6,15-19,23-26,36H,7-14,20-21H2,1-3H3/t23-,24-,25-,26-. The summed E-state index contributed by atoms with van der Waals surface area (Å²) < 4.78 is 10.8. The number of anilines is 1. The Morgan fingerprint density at radius 2 is 1.73 bits per heavy atom. The van der Waals surface area contributed by atoms with Crippen LogP contribution in [0.1, 0.15) is 68.4 Å². The van der Waals surface area contributed by atoms with Gasteiger partial charge in [0.1, 0.15) is 5.75 Å². The second-order valence-electron chi connectivity index (χ2n) is 11.5. The average molecular weight is 563 g/mol. The summed E-state index contributed by atoms with van der Waals surface area (Å²) in [6, 6.07) is 14.9. The summed E-state index contributed by atoms with van der Waals surface area (Å²) in [5.41, 5.74) is 4.61. The van der Waals surface area contributed by atoms with E-state index in [1.165, 1.54) is 22.5 Å². The highest BCUT2D eigenvalue weighted by Crippen LogP contribution is 2.40. The van der Waals surface area contributed by atoms with Crippen LogP contribution in [0, 0.1) is 24.7 Å². The van der Waals surface area contributed by atoms with Crippen molar-refractivity contribution in [3.63, 3.8) is 0 Å². The highest BCUT2D eigenvalue weighted by atomic mass is 32.1. The molecule has 1 aromatic heterocycles. The monoisotopic (exact) mass is 562 g/mol. The number of nitrogens with zero attached hydrogens (tertiary/aromatic N) is 2. The maximum absolute atomic E-state index is 14.1. The first kappa shape index (κ1) is 28.6. The highest BCUT2D eigenvalue weighted by Gasteiger charge is 2.32. The molecule has 7 heteroatoms. The van der Waals surface area contributed by atoms with Crippen LogP contribution >= 0.6 is 11.3 Å². The molecule has 2 saturated carbocycles. The minimum Gasteiger partial charge on any atom is -0.496 e. The maximum atomic E-state index is 14.1. The maximum Gasteiger partial charge on any atom is 0.273 e. The lowest BCUT2D eigenvalue weighted by atomic mass is 9.77. The summed E-state index contributed by atoms with van der Waals surface area (Å²) in [7, 11) is 3.36. The molecule has 2 aliphatic rings. The molecule has 6 nitrogen and oxygen atoms in total. The Labute approximate surface area is 242 Å². The van der Waals surface area contributed by atoms with E-state index in [0.717, 1.165) is 79.8 Å². The van der Waals surface area contributed by atoms with E-state index in [4.69, 9.17) is 9.47 Å². The van der Waals surface area contributed by atoms with Gasteiger partial charge >= 0.3 is 0 Å². The molecule has 2 fully saturated rings. The number of aliphatic hydroxyl groups excluding tert-OH is 1. The Hall–Kier alpha value is -2.90. The van der Waals surface area contributed by atoms with Crippen molar-refractivity contribution in [3.8, 4) is 21.4 Å². The Balaban J connectivity index is 1.33. The van der Waals surface area contributed by atoms with Crippen LogP contribution in [0.2, 0.25) is 0 Å². The smallest absolute Gasteiger partial charge is 0.273 e. The van der Waals surface area contributed by atoms with Crippen molar-refractivity contribution >= 4 is 22.9 Å². The third-order valence-electron chi connectivity index (χ3n) is 9.00. The van der Waals surface area contributed by atoms with Gasteiger partial charge in [0.15, 0.2) is 0 Å². The Kier molecular flexibility index (Phi) is 9.43. The first-order valence-electron chi connectivity index (χ1n) is 14.7. The zero-order valence-electron chi connectivity index (χ0n) is 24.0. The second kappa shape index (κ2) is 13.2. The van der Waals surface area contributed by atoms with Gasteiger partial charge in [0.2, 0.25) is 5.91 Å². The molecular formula is C33H42N2O4S. The van der Waals surface area contributed by atoms with E-state index in [2.05, 4.69) is 53.2 Å². The fourth-order valence-corrected chi connectivity index (χ4v) is 7.27. The molecular weight excluding hydrogens is 520 g/mol. The summed E-state index contributed by atoms with van der Waals surface area (Å²) in [6.45, 7) is 3.09. The molecule has 5 rings (SSSR count). The third-order valence-corrected chi connectivity index (χ3v) is 10.0. The summed E-state index contributed by atoms with van der Waals surface area (Å²) in [5.74, 6) is 2.57. The van der Waals surface area contributed by atoms with Crippen molar-refractivity contribution in [1.29, 1.82) is 0 Å². The van der Waals surface area contributed by atoms with Gasteiger partial charge in [-0.2, -0.15) is 0 Å². The normalized spacial score (nSPS) is 23.0. The minimum atomic E-state index is 0.0218. The number of hydrogen-bond acceptors (Lipinski definition) is 6. The number of benzene rings is 2. The summed E-state index contributed by atoms with van der Waals surface area (Å²) >= 11 is 1.51. The minimum absolute atomic E-state index is 0.0218. The molecule has 0 saturated heterocycles. The number of carbonyl (C=O) groups excluding carboxylic acids is 1. The van der Waals surface area contributed by atoms with E-state index < -0.39 is 0 Å². The third kappa shape index (κ3) is 6.52. The van der Waals surface area contributed by atoms with Gasteiger partial charge in [-0.15, -0.1) is 0 Å². The van der Waals surface area contributed by atoms with Crippen LogP contribution in [0.5, 0.6) is 10.9 Å². The van der Waals surface area contributed by atoms with E-state index in [-0.39, 0.29) is 18.4 Å². The van der Waals surface area contributed by atoms with Crippen molar-refractivity contribution in [2.75, 3.05) is 32.3 Å². The molecule has 2 aromatic carbocycles. The van der Waals surface area contributed by atoms with Crippen LogP contribution < -0.4 is 14.4 Å². The molecule has 2 aliphatic carbocycles. The van der Waals surface area contributed by atoms with Gasteiger partial charge < -0.3 is 19.5 Å². The summed E-state index contributed by atoms with van der Waals surface area (Å²) in [6.07, 6.45) is 9.91. The second-order valence-corrected chi connectivity index (χ2v) is 12.5. The lowest BCUT2D eigenvalue weighted by Gasteiger charge is -2.36. The topological polar surface area (TPSA) is 71.9 Å². The lowest BCUT2D eigenvalue weighted by Crippen LogP contribution is -2.41. The van der Waals surface area contributed by atoms with Crippen LogP contribution in [-0.2, 0) is 4.79 Å². The van der Waals surface area contributed by atoms with Crippen molar-refractivity contribution < 1.29 is 19.4 Å². The van der Waals surface area contributed by atoms with Crippen molar-refractivity contribution in [2.45, 2.75) is 64.2 Å². The molecule has 3 aromatic rings. The van der Waals surface area contributed by atoms with Gasteiger partial charge in [-0.1, -0.05) is 35.6 Å². The summed E-state index contributed by atoms with van der Waals surface area (Å²) in [4.78, 5) is 21.5. The van der Waals surface area contributed by atoms with Gasteiger partial charge in [0, 0.05) is 31.0 Å². The van der Waals surface area contributed by atoms with Crippen LogP contribution in [0.3, 0.4) is 0 Å². The first-order valence-corrected chi connectivity index (χ1v) is 15.5. The van der Waals surface area contributed by atoms with Gasteiger partial charge in [0.25, 0.3) is 5.19 Å². The number of rotatable bonds is 9. The number of thiazole rings is 1. The van der Waals surface area contributed by atoms with E-state index in [9.17, 15) is 9.90 Å². The largest absolute Gasteiger partial charge is 0.496 e. The van der Waals surface area contributed by atoms with Crippen LogP contribution in [0.4, 0.5) is 5.69 Å². The summed E-state index contributed by atoms with van der Waals surface area (Å²) in [5, 5.41) is 10.2. The van der Waals surface area contributed by atoms with E-state index in [1.807, 2.05) is 12.3 Å². The predicted octanol–water partition coefficient (Wildman–Crippen LogP) is 7.24. The average Bonchev–Trinajstić information content (AvgIpc) is 3.50. The molecule has 0 spiro atoms. The number of carbonyl (C=O) groups is 1. The van der Waals surface area contributed by atoms with Crippen molar-refractivity contribution in [3.05, 3.63) is 59.8 Å². The molecule has 1 amide bonds. The Morgan fingerprint density at radius 3 is 2.38 bits per heavy atom. The molecule has 214 valence electrons. The molecule has 1 N–H and O–H groups in total. The van der Waals surface area contributed by atoms with Crippen molar-refractivity contribution in [1.82, 2.24) is 4.98 Å². The lowest BCUT2D eigenvalue weighted by molar-refractivity contribution is -0.123. The molecule has 0 atom stereocenters. The predicted molar refractivity (Wildman–Crippen MR) is 161 cm³/mol. The number of aryl methyl sites for hydroxylation is 1. The van der Waals surface area contributed by atoms with E-state index >= 15 is 0 Å². The SMILES string of the molecule is COc1ncc(-c2cccc(N(C[C@H]3CC[C@H](c4ccc(OC)c(C)c4)CC3)C(=O)[C@H]3CC[C@H](CO)CC3)c2)s1. The first-order chi connectivity index (χ1) is 19.5. The molecule has 0 aliphatic heterocycles. The fraction of sp³-hybridized carbons (Fsp3) is 0.515. The Bertz CT molecular complexity index is 1270. The zero-order chi connectivity index (χ0) is 28.1. The molecule has 0 radical (unpaired) electrons. The zero-order valence-corrected chi connectivity index (χ0v) is 24.8. The van der Waals surface area contributed by atoms with Crippen LogP contribution in [0.15, 0.2) is 48.7 Å². The number of hydrogen-bond donors (Lipinski definition) is 1. The molecule has 0 bridgehead atoms. The number of aliphatic hydroxyl groups is 1. The molecule has 40 heavy (non-hydrogen) atoms. The van der Waals surface area contributed by atoms with E-state index in [0.29, 0.717) is 22.9 Å². The van der Waals surface area contributed by atoms with Crippen LogP contribution in [-0.4, -0.2) is 43.4 Å². The molecule has 0 unspecified atom stereocenters. The van der Waals surface area contributed by atoms with Gasteiger partial charge in [0.05, 0.1) is 19.1 Å². The molecule has 1 heterocycles. The number of ether oxygens (including phenoxy) is 2. The van der Waals surface area contributed by atoms with Gasteiger partial charge in [-0.25, -0.2) is 4.98 Å². The Morgan fingerprint density at radius 1 is 0.975 bits per heavy atom. The van der Waals surface area contributed by atoms with Gasteiger partial charge in [-0.3, -0.25) is 4.79 Å². The quantitative estimate of drug-likeness (QED) is 0.298.